The first-order valence-corrected chi connectivity index (χ1v) is 4.67. The smallest absolute Gasteiger partial charge is 0.0280 e. The van der Waals surface area contributed by atoms with Crippen molar-refractivity contribution >= 4 is 0 Å². The fraction of sp³-hybridized carbons (Fsp3) is 0.636. The van der Waals surface area contributed by atoms with Crippen LogP contribution >= 0.6 is 0 Å². The molecule has 0 nitrogen and oxygen atoms in total. The molecule has 0 aromatic carbocycles. The lowest BCUT2D eigenvalue weighted by Crippen LogP contribution is -1.83. The Bertz CT molecular complexity index is 172. The highest BCUT2D eigenvalue weighted by atomic mass is 14.1. The lowest BCUT2D eigenvalue weighted by atomic mass is 10.0. The van der Waals surface area contributed by atoms with E-state index in [1.807, 2.05) is 0 Å². The zero-order valence-corrected chi connectivity index (χ0v) is 7.69. The summed E-state index contributed by atoms with van der Waals surface area (Å²) in [6, 6.07) is 0. The van der Waals surface area contributed by atoms with Crippen molar-refractivity contribution in [2.24, 2.45) is 0 Å². The van der Waals surface area contributed by atoms with Crippen LogP contribution in [-0.2, 0) is 0 Å². The van der Waals surface area contributed by atoms with Gasteiger partial charge in [-0.1, -0.05) is 24.1 Å². The molecule has 1 aliphatic rings. The highest BCUT2D eigenvalue weighted by Crippen LogP contribution is 2.22. The molecule has 0 heteroatoms. The fourth-order valence-electron chi connectivity index (χ4n) is 1.56. The molecular formula is C11H18. The molecule has 0 radical (unpaired) electrons. The molecule has 62 valence electrons. The van der Waals surface area contributed by atoms with Crippen molar-refractivity contribution in [3.05, 3.63) is 23.3 Å². The maximum Gasteiger partial charge on any atom is -0.0280 e. The van der Waals surface area contributed by atoms with E-state index in [1.54, 1.807) is 5.57 Å². The molecule has 0 aromatic heterocycles. The Morgan fingerprint density at radius 2 is 2.18 bits per heavy atom. The van der Waals surface area contributed by atoms with Gasteiger partial charge < -0.3 is 0 Å². The minimum Gasteiger partial charge on any atom is -0.0845 e. The maximum absolute atomic E-state index is 2.42. The molecule has 0 unspecified atom stereocenters. The van der Waals surface area contributed by atoms with Crippen molar-refractivity contribution in [1.29, 1.82) is 0 Å². The van der Waals surface area contributed by atoms with Crippen molar-refractivity contribution in [2.75, 3.05) is 0 Å². The van der Waals surface area contributed by atoms with Gasteiger partial charge >= 0.3 is 0 Å². The van der Waals surface area contributed by atoms with Gasteiger partial charge in [0.2, 0.25) is 0 Å². The van der Waals surface area contributed by atoms with E-state index in [9.17, 15) is 0 Å². The summed E-state index contributed by atoms with van der Waals surface area (Å²) in [5.74, 6) is 0. The first kappa shape index (κ1) is 8.58. The average Bonchev–Trinajstić information content (AvgIpc) is 2.30. The highest BCUT2D eigenvalue weighted by molar-refractivity contribution is 5.28. The van der Waals surface area contributed by atoms with Crippen LogP contribution in [0.5, 0.6) is 0 Å². The van der Waals surface area contributed by atoms with Crippen molar-refractivity contribution in [2.45, 2.75) is 46.0 Å². The predicted molar refractivity (Wildman–Crippen MR) is 50.6 cm³/mol. The van der Waals surface area contributed by atoms with E-state index in [0.717, 1.165) is 0 Å². The van der Waals surface area contributed by atoms with Gasteiger partial charge in [-0.2, -0.15) is 0 Å². The van der Waals surface area contributed by atoms with E-state index in [1.165, 1.54) is 37.7 Å². The Hall–Kier alpha value is -0.520. The Morgan fingerprint density at radius 3 is 2.91 bits per heavy atom. The van der Waals surface area contributed by atoms with Crippen molar-refractivity contribution < 1.29 is 0 Å². The van der Waals surface area contributed by atoms with Gasteiger partial charge in [0, 0.05) is 0 Å². The van der Waals surface area contributed by atoms with Crippen LogP contribution in [0.4, 0.5) is 0 Å². The molecule has 0 fully saturated rings. The van der Waals surface area contributed by atoms with E-state index in [-0.39, 0.29) is 0 Å². The molecule has 11 heavy (non-hydrogen) atoms. The highest BCUT2D eigenvalue weighted by Gasteiger charge is 2.02. The Kier molecular flexibility index (Phi) is 3.41. The maximum atomic E-state index is 2.42. The van der Waals surface area contributed by atoms with E-state index < -0.39 is 0 Å². The number of rotatable bonds is 1. The van der Waals surface area contributed by atoms with Crippen LogP contribution in [0.3, 0.4) is 0 Å². The molecule has 0 saturated carbocycles. The number of hydrogen-bond acceptors (Lipinski definition) is 0. The standard InChI is InChI=1S/C11H18/c1-3-10(2)11-8-6-4-5-7-9-11/h3,8H,4-7,9H2,1-2H3/b10-3-. The van der Waals surface area contributed by atoms with Gasteiger partial charge in [0.25, 0.3) is 0 Å². The van der Waals surface area contributed by atoms with Crippen molar-refractivity contribution in [1.82, 2.24) is 0 Å². The lowest BCUT2D eigenvalue weighted by Gasteiger charge is -2.03. The Balaban J connectivity index is 2.60. The molecular weight excluding hydrogens is 132 g/mol. The monoisotopic (exact) mass is 150 g/mol. The van der Waals surface area contributed by atoms with Gasteiger partial charge in [-0.3, -0.25) is 0 Å². The third kappa shape index (κ3) is 2.53. The summed E-state index contributed by atoms with van der Waals surface area (Å²) < 4.78 is 0. The van der Waals surface area contributed by atoms with E-state index in [2.05, 4.69) is 26.0 Å². The summed E-state index contributed by atoms with van der Waals surface area (Å²) in [7, 11) is 0. The summed E-state index contributed by atoms with van der Waals surface area (Å²) in [4.78, 5) is 0. The Labute approximate surface area is 70.0 Å². The Morgan fingerprint density at radius 1 is 1.36 bits per heavy atom. The van der Waals surface area contributed by atoms with Crippen LogP contribution in [0.15, 0.2) is 23.3 Å². The number of hydrogen-bond donors (Lipinski definition) is 0. The third-order valence-electron chi connectivity index (χ3n) is 2.48. The molecule has 0 spiro atoms. The first-order valence-electron chi connectivity index (χ1n) is 4.67. The van der Waals surface area contributed by atoms with Gasteiger partial charge in [0.1, 0.15) is 0 Å². The SMILES string of the molecule is C/C=C(/C)C1=CCCCCC1. The van der Waals surface area contributed by atoms with E-state index >= 15 is 0 Å². The zero-order chi connectivity index (χ0) is 8.10. The summed E-state index contributed by atoms with van der Waals surface area (Å²) in [5.41, 5.74) is 3.07. The van der Waals surface area contributed by atoms with E-state index in [4.69, 9.17) is 0 Å². The van der Waals surface area contributed by atoms with Crippen LogP contribution in [0.25, 0.3) is 0 Å². The lowest BCUT2D eigenvalue weighted by molar-refractivity contribution is 0.712. The third-order valence-corrected chi connectivity index (χ3v) is 2.48. The second kappa shape index (κ2) is 4.38. The zero-order valence-electron chi connectivity index (χ0n) is 7.69. The summed E-state index contributed by atoms with van der Waals surface area (Å²) >= 11 is 0. The fourth-order valence-corrected chi connectivity index (χ4v) is 1.56. The summed E-state index contributed by atoms with van der Waals surface area (Å²) in [5, 5.41) is 0. The van der Waals surface area contributed by atoms with Gasteiger partial charge in [-0.25, -0.2) is 0 Å². The minimum absolute atomic E-state index is 1.29. The van der Waals surface area contributed by atoms with Crippen molar-refractivity contribution in [3.8, 4) is 0 Å². The molecule has 0 aliphatic heterocycles. The largest absolute Gasteiger partial charge is 0.0845 e. The molecule has 1 aliphatic carbocycles. The molecule has 0 heterocycles. The molecule has 0 N–H and O–H groups in total. The second-order valence-corrected chi connectivity index (χ2v) is 3.30. The molecule has 0 atom stereocenters. The number of allylic oxidation sites excluding steroid dienone is 4. The normalized spacial score (nSPS) is 20.9. The van der Waals surface area contributed by atoms with Crippen LogP contribution in [0.2, 0.25) is 0 Å². The molecule has 0 saturated heterocycles. The summed E-state index contributed by atoms with van der Waals surface area (Å²) in [6.45, 7) is 4.35. The quantitative estimate of drug-likeness (QED) is 0.532. The average molecular weight is 150 g/mol. The van der Waals surface area contributed by atoms with Crippen molar-refractivity contribution in [3.63, 3.8) is 0 Å². The molecule has 0 amide bonds. The van der Waals surface area contributed by atoms with E-state index in [0.29, 0.717) is 0 Å². The predicted octanol–water partition coefficient (Wildman–Crippen LogP) is 3.84. The molecule has 0 aromatic rings. The first-order chi connectivity index (χ1) is 5.34. The topological polar surface area (TPSA) is 0 Å². The van der Waals surface area contributed by atoms with Crippen LogP contribution < -0.4 is 0 Å². The van der Waals surface area contributed by atoms with Gasteiger partial charge in [-0.05, 0) is 45.1 Å². The summed E-state index contributed by atoms with van der Waals surface area (Å²) in [6.07, 6.45) is 11.4. The van der Waals surface area contributed by atoms with Gasteiger partial charge in [-0.15, -0.1) is 0 Å². The van der Waals surface area contributed by atoms with Gasteiger partial charge in [0.15, 0.2) is 0 Å². The molecule has 1 rings (SSSR count). The molecule has 0 bridgehead atoms. The second-order valence-electron chi connectivity index (χ2n) is 3.30. The van der Waals surface area contributed by atoms with Crippen LogP contribution in [0.1, 0.15) is 46.0 Å². The minimum atomic E-state index is 1.29. The van der Waals surface area contributed by atoms with Crippen LogP contribution in [-0.4, -0.2) is 0 Å². The van der Waals surface area contributed by atoms with Crippen LogP contribution in [0, 0.1) is 0 Å². The van der Waals surface area contributed by atoms with Gasteiger partial charge in [0.05, 0.1) is 0 Å².